The van der Waals surface area contributed by atoms with Crippen LogP contribution in [0.15, 0.2) is 0 Å². The van der Waals surface area contributed by atoms with Crippen LogP contribution in [0.2, 0.25) is 0 Å². The van der Waals surface area contributed by atoms with Crippen LogP contribution < -0.4 is 0 Å². The Balaban J connectivity index is -0.0000000171. The summed E-state index contributed by atoms with van der Waals surface area (Å²) >= 11 is 0. The summed E-state index contributed by atoms with van der Waals surface area (Å²) in [6, 6.07) is 0. The SMILES string of the molecule is CP(C)C.F[C-](F)F.[Au+3].[CH3-].[CH3-]. The van der Waals surface area contributed by atoms with Crippen molar-refractivity contribution in [2.45, 2.75) is 0 Å². The normalized spacial score (nSPS) is 6.55. The topological polar surface area (TPSA) is 0 Å². The van der Waals surface area contributed by atoms with Gasteiger partial charge >= 0.3 is 22.4 Å². The summed E-state index contributed by atoms with van der Waals surface area (Å²) in [5, 5.41) is 0. The van der Waals surface area contributed by atoms with E-state index in [1.807, 2.05) is 0 Å². The molecule has 0 saturated carbocycles. The second-order valence-electron chi connectivity index (χ2n) is 1.56. The summed E-state index contributed by atoms with van der Waals surface area (Å²) in [4.78, 5) is 0. The van der Waals surface area contributed by atoms with Gasteiger partial charge in [0.25, 0.3) is 0 Å². The summed E-state index contributed by atoms with van der Waals surface area (Å²) in [6.45, 7) is 3.61. The Morgan fingerprint density at radius 1 is 0.909 bits per heavy atom. The van der Waals surface area contributed by atoms with E-state index in [2.05, 4.69) is 20.0 Å². The molecule has 0 aromatic carbocycles. The van der Waals surface area contributed by atoms with Gasteiger partial charge in [0, 0.05) is 0 Å². The van der Waals surface area contributed by atoms with Gasteiger partial charge in [-0.3, -0.25) is 0 Å². The van der Waals surface area contributed by atoms with Crippen molar-refractivity contribution >= 4 is 7.92 Å². The van der Waals surface area contributed by atoms with E-state index < -0.39 is 6.68 Å². The molecule has 0 amide bonds. The van der Waals surface area contributed by atoms with Crippen LogP contribution in [0.1, 0.15) is 0 Å². The Morgan fingerprint density at radius 2 is 0.909 bits per heavy atom. The molecule has 5 heteroatoms. The zero-order chi connectivity index (χ0) is 7.15. The zero-order valence-corrected chi connectivity index (χ0v) is 10.4. The van der Waals surface area contributed by atoms with Crippen LogP contribution in [0.25, 0.3) is 0 Å². The van der Waals surface area contributed by atoms with E-state index >= 15 is 0 Å². The van der Waals surface area contributed by atoms with Gasteiger partial charge in [-0.05, 0) is 20.0 Å². The second kappa shape index (κ2) is 22.4. The molecule has 0 nitrogen and oxygen atoms in total. The fraction of sp³-hybridized carbons (Fsp3) is 0.500. The Bertz CT molecular complexity index is 33.3. The number of rotatable bonds is 0. The van der Waals surface area contributed by atoms with Gasteiger partial charge in [-0.25, -0.2) is 0 Å². The Labute approximate surface area is 85.2 Å². The Hall–Kier alpha value is 0.960. The molecule has 0 aromatic rings. The van der Waals surface area contributed by atoms with Gasteiger partial charge in [0.1, 0.15) is 0 Å². The van der Waals surface area contributed by atoms with Crippen LogP contribution in [0.5, 0.6) is 0 Å². The first-order chi connectivity index (χ1) is 3.46. The molecule has 0 fully saturated rings. The maximum Gasteiger partial charge on any atom is 3.00 e. The van der Waals surface area contributed by atoms with Gasteiger partial charge in [0.2, 0.25) is 0 Å². The van der Waals surface area contributed by atoms with Crippen molar-refractivity contribution in [3.8, 4) is 0 Å². The van der Waals surface area contributed by atoms with Gasteiger partial charge in [0.05, 0.1) is 0 Å². The van der Waals surface area contributed by atoms with E-state index in [4.69, 9.17) is 0 Å². The molecule has 0 unspecified atom stereocenters. The molecule has 11 heavy (non-hydrogen) atoms. The monoisotopic (exact) mass is 372 g/mol. The largest absolute Gasteiger partial charge is 3.00 e. The van der Waals surface area contributed by atoms with Crippen molar-refractivity contribution < 1.29 is 35.6 Å². The first-order valence-electron chi connectivity index (χ1n) is 1.91. The summed E-state index contributed by atoms with van der Waals surface area (Å²) in [6.07, 6.45) is 0. The van der Waals surface area contributed by atoms with Crippen molar-refractivity contribution in [2.75, 3.05) is 20.0 Å². The van der Waals surface area contributed by atoms with E-state index in [1.54, 1.807) is 0 Å². The number of halogens is 3. The van der Waals surface area contributed by atoms with E-state index in [1.165, 1.54) is 0 Å². The van der Waals surface area contributed by atoms with E-state index in [9.17, 15) is 13.2 Å². The molecule has 0 aliphatic carbocycles. The first kappa shape index (κ1) is 29.7. The smallest absolute Gasteiger partial charge is 0.385 e. The molecule has 0 heterocycles. The van der Waals surface area contributed by atoms with Crippen LogP contribution in [0.3, 0.4) is 0 Å². The minimum Gasteiger partial charge on any atom is -0.385 e. The molecule has 0 aliphatic heterocycles. The Morgan fingerprint density at radius 3 is 0.909 bits per heavy atom. The minimum absolute atomic E-state index is 0. The molecule has 0 aromatic heterocycles. The van der Waals surface area contributed by atoms with Crippen molar-refractivity contribution in [1.29, 1.82) is 0 Å². The molecule has 0 saturated heterocycles. The van der Waals surface area contributed by atoms with Crippen LogP contribution in [-0.2, 0) is 22.4 Å². The van der Waals surface area contributed by atoms with Gasteiger partial charge in [-0.2, -0.15) is 0 Å². The molecular formula is C6H15AuF3P. The molecule has 0 rings (SSSR count). The van der Waals surface area contributed by atoms with Gasteiger partial charge in [-0.1, -0.05) is 0 Å². The third-order valence-electron chi connectivity index (χ3n) is 0. The Kier molecular flexibility index (Phi) is 60.5. The summed E-state index contributed by atoms with van der Waals surface area (Å²) in [5.41, 5.74) is 0. The van der Waals surface area contributed by atoms with Gasteiger partial charge < -0.3 is 28.0 Å². The third kappa shape index (κ3) is 954. The van der Waals surface area contributed by atoms with Crippen LogP contribution in [0.4, 0.5) is 13.2 Å². The molecule has 0 radical (unpaired) electrons. The van der Waals surface area contributed by atoms with E-state index in [0.717, 1.165) is 0 Å². The van der Waals surface area contributed by atoms with E-state index in [-0.39, 0.29) is 37.2 Å². The zero-order valence-electron chi connectivity index (χ0n) is 7.38. The minimum atomic E-state index is -3.08. The quantitative estimate of drug-likeness (QED) is 0.346. The van der Waals surface area contributed by atoms with Crippen LogP contribution in [0, 0.1) is 21.5 Å². The molecule has 0 bridgehead atoms. The summed E-state index contributed by atoms with van der Waals surface area (Å²) in [7, 11) is 0.380. The maximum atomic E-state index is 9.58. The fourth-order valence-corrected chi connectivity index (χ4v) is 0. The average Bonchev–Trinajstić information content (AvgIpc) is 1.25. The fourth-order valence-electron chi connectivity index (χ4n) is 0. The molecule has 0 spiro atoms. The van der Waals surface area contributed by atoms with Gasteiger partial charge in [-0.15, -0.1) is 7.92 Å². The van der Waals surface area contributed by atoms with Crippen molar-refractivity contribution in [3.63, 3.8) is 0 Å². The molecule has 0 aliphatic rings. The standard InChI is InChI=1S/C3H9P.CF3.2CH3.Au/c1-4(2)3;2-1(3)4;;;/h1-3H3;;2*1H3;/q;3*-1;+3. The number of hydrogen-bond donors (Lipinski definition) is 0. The predicted octanol–water partition coefficient (Wildman–Crippen LogP) is 3.60. The van der Waals surface area contributed by atoms with Crippen molar-refractivity contribution in [1.82, 2.24) is 0 Å². The van der Waals surface area contributed by atoms with Gasteiger partial charge in [0.15, 0.2) is 6.68 Å². The van der Waals surface area contributed by atoms with Crippen LogP contribution >= 0.6 is 7.92 Å². The molecule has 0 atom stereocenters. The first-order valence-corrected chi connectivity index (χ1v) is 4.59. The third-order valence-corrected chi connectivity index (χ3v) is 0. The maximum absolute atomic E-state index is 9.58. The number of hydrogen-bond acceptors (Lipinski definition) is 0. The summed E-state index contributed by atoms with van der Waals surface area (Å²) in [5.74, 6) is 0. The summed E-state index contributed by atoms with van der Waals surface area (Å²) < 4.78 is 28.8. The predicted molar refractivity (Wildman–Crippen MR) is 44.1 cm³/mol. The average molecular weight is 372 g/mol. The van der Waals surface area contributed by atoms with Crippen molar-refractivity contribution in [2.24, 2.45) is 0 Å². The molecule has 0 N–H and O–H groups in total. The molecule has 76 valence electrons. The molecular weight excluding hydrogens is 357 g/mol. The second-order valence-corrected chi connectivity index (χ2v) is 4.24. The van der Waals surface area contributed by atoms with E-state index in [0.29, 0.717) is 7.92 Å². The van der Waals surface area contributed by atoms with Crippen LogP contribution in [-0.4, -0.2) is 20.0 Å². The van der Waals surface area contributed by atoms with Crippen molar-refractivity contribution in [3.05, 3.63) is 21.5 Å².